The van der Waals surface area contributed by atoms with Crippen LogP contribution in [0.25, 0.3) is 11.0 Å². The van der Waals surface area contributed by atoms with E-state index in [1.807, 2.05) is 29.2 Å². The molecule has 0 bridgehead atoms. The van der Waals surface area contributed by atoms with E-state index in [9.17, 15) is 14.3 Å². The van der Waals surface area contributed by atoms with Crippen LogP contribution in [0, 0.1) is 11.7 Å². The van der Waals surface area contributed by atoms with Crippen molar-refractivity contribution in [3.8, 4) is 5.75 Å². The number of fused-ring (bicyclic) bond motifs is 1. The van der Waals surface area contributed by atoms with Gasteiger partial charge in [0.1, 0.15) is 5.82 Å². The minimum Gasteiger partial charge on any atom is -0.505 e. The number of benzene rings is 2. The van der Waals surface area contributed by atoms with Crippen LogP contribution in [0.4, 0.5) is 4.39 Å². The number of likely N-dealkylation sites (tertiary alicyclic amines) is 1. The van der Waals surface area contributed by atoms with E-state index < -0.39 is 11.6 Å². The topological polar surface area (TPSA) is 69.2 Å². The number of hydrogen-bond donors (Lipinski definition) is 2. The second-order valence-corrected chi connectivity index (χ2v) is 7.22. The Kier molecular flexibility index (Phi) is 4.79. The number of carbonyl (C=O) groups is 1. The molecule has 1 aliphatic rings. The number of rotatable bonds is 4. The van der Waals surface area contributed by atoms with Gasteiger partial charge in [0.15, 0.2) is 11.6 Å². The lowest BCUT2D eigenvalue weighted by Crippen LogP contribution is -2.41. The molecule has 140 valence electrons. The number of halogens is 1. The van der Waals surface area contributed by atoms with Gasteiger partial charge in [-0.15, -0.1) is 0 Å². The number of phenols is 1. The van der Waals surface area contributed by atoms with Gasteiger partial charge in [-0.3, -0.25) is 4.79 Å². The number of nitrogens with zero attached hydrogens (tertiary/aromatic N) is 2. The quantitative estimate of drug-likeness (QED) is 0.742. The molecule has 1 amide bonds. The summed E-state index contributed by atoms with van der Waals surface area (Å²) in [6.07, 6.45) is 2.98. The second-order valence-electron chi connectivity index (χ2n) is 7.22. The molecule has 27 heavy (non-hydrogen) atoms. The molecular weight excluding hydrogens is 345 g/mol. The molecule has 1 aromatic heterocycles. The molecule has 4 rings (SSSR count). The third-order valence-electron chi connectivity index (χ3n) is 5.16. The fourth-order valence-corrected chi connectivity index (χ4v) is 3.78. The number of hydrogen-bond acceptors (Lipinski definition) is 3. The number of carbonyl (C=O) groups excluding carboxylic acids is 1. The summed E-state index contributed by atoms with van der Waals surface area (Å²) in [5, 5.41) is 9.27. The molecule has 2 heterocycles. The molecular formula is C21H22FN3O2. The van der Waals surface area contributed by atoms with Crippen LogP contribution < -0.4 is 0 Å². The van der Waals surface area contributed by atoms with Gasteiger partial charge in [-0.05, 0) is 48.6 Å². The molecule has 0 spiro atoms. The van der Waals surface area contributed by atoms with Crippen LogP contribution in [0.3, 0.4) is 0 Å². The lowest BCUT2D eigenvalue weighted by atomic mass is 9.94. The molecule has 6 heteroatoms. The summed E-state index contributed by atoms with van der Waals surface area (Å²) in [6.45, 7) is 1.42. The summed E-state index contributed by atoms with van der Waals surface area (Å²) in [7, 11) is 0. The lowest BCUT2D eigenvalue weighted by Gasteiger charge is -2.32. The first kappa shape index (κ1) is 17.5. The SMILES string of the molecule is O=C(Cc1ccc(O)c(F)c1)N1CCC[C@H](Cc2nc3ccccc3[nH]2)C1. The highest BCUT2D eigenvalue weighted by molar-refractivity contribution is 5.79. The van der Waals surface area contributed by atoms with Gasteiger partial charge < -0.3 is 15.0 Å². The standard InChI is InChI=1S/C21H22FN3O2/c22-16-10-14(7-8-19(16)26)12-21(27)25-9-3-4-15(13-25)11-20-23-17-5-1-2-6-18(17)24-20/h1-2,5-8,10,15,26H,3-4,9,11-13H2,(H,23,24)/t15-/m1/s1. The van der Waals surface area contributed by atoms with E-state index in [4.69, 9.17) is 0 Å². The number of nitrogens with one attached hydrogen (secondary N) is 1. The fraction of sp³-hybridized carbons (Fsp3) is 0.333. The smallest absolute Gasteiger partial charge is 0.227 e. The van der Waals surface area contributed by atoms with Crippen molar-refractivity contribution in [2.24, 2.45) is 5.92 Å². The first-order chi connectivity index (χ1) is 13.1. The summed E-state index contributed by atoms with van der Waals surface area (Å²) in [5.74, 6) is 0.224. The van der Waals surface area contributed by atoms with Gasteiger partial charge in [-0.25, -0.2) is 9.37 Å². The van der Waals surface area contributed by atoms with E-state index in [-0.39, 0.29) is 12.3 Å². The molecule has 1 atom stereocenters. The molecule has 0 aliphatic carbocycles. The first-order valence-corrected chi connectivity index (χ1v) is 9.27. The van der Waals surface area contributed by atoms with E-state index in [1.165, 1.54) is 12.1 Å². The zero-order chi connectivity index (χ0) is 18.8. The number of imidazole rings is 1. The maximum atomic E-state index is 13.5. The zero-order valence-electron chi connectivity index (χ0n) is 15.0. The van der Waals surface area contributed by atoms with E-state index in [1.54, 1.807) is 6.07 Å². The molecule has 2 N–H and O–H groups in total. The summed E-state index contributed by atoms with van der Waals surface area (Å²) in [5.41, 5.74) is 2.57. The molecule has 0 saturated carbocycles. The van der Waals surface area contributed by atoms with Gasteiger partial charge in [0, 0.05) is 19.5 Å². The van der Waals surface area contributed by atoms with Crippen LogP contribution in [0.2, 0.25) is 0 Å². The molecule has 1 saturated heterocycles. The van der Waals surface area contributed by atoms with Crippen LogP contribution >= 0.6 is 0 Å². The maximum Gasteiger partial charge on any atom is 0.227 e. The molecule has 0 radical (unpaired) electrons. The van der Waals surface area contributed by atoms with Gasteiger partial charge in [0.2, 0.25) is 5.91 Å². The van der Waals surface area contributed by atoms with E-state index >= 15 is 0 Å². The summed E-state index contributed by atoms with van der Waals surface area (Å²) in [6, 6.07) is 12.1. The van der Waals surface area contributed by atoms with Gasteiger partial charge in [-0.2, -0.15) is 0 Å². The average Bonchev–Trinajstić information content (AvgIpc) is 3.07. The largest absolute Gasteiger partial charge is 0.505 e. The Bertz CT molecular complexity index is 936. The fourth-order valence-electron chi connectivity index (χ4n) is 3.78. The highest BCUT2D eigenvalue weighted by atomic mass is 19.1. The Morgan fingerprint density at radius 2 is 2.15 bits per heavy atom. The molecule has 1 fully saturated rings. The van der Waals surface area contributed by atoms with E-state index in [0.29, 0.717) is 18.0 Å². The van der Waals surface area contributed by atoms with Crippen molar-refractivity contribution in [3.63, 3.8) is 0 Å². The first-order valence-electron chi connectivity index (χ1n) is 9.27. The number of para-hydroxylation sites is 2. The van der Waals surface area contributed by atoms with E-state index in [0.717, 1.165) is 42.7 Å². The minimum absolute atomic E-state index is 0.00519. The van der Waals surface area contributed by atoms with Crippen molar-refractivity contribution in [3.05, 3.63) is 59.7 Å². The predicted octanol–water partition coefficient (Wildman–Crippen LogP) is 3.43. The molecule has 1 aliphatic heterocycles. The van der Waals surface area contributed by atoms with Crippen molar-refractivity contribution in [1.82, 2.24) is 14.9 Å². The number of piperidine rings is 1. The average molecular weight is 367 g/mol. The van der Waals surface area contributed by atoms with Crippen LogP contribution in [-0.2, 0) is 17.6 Å². The van der Waals surface area contributed by atoms with Crippen molar-refractivity contribution in [2.45, 2.75) is 25.7 Å². The van der Waals surface area contributed by atoms with Crippen LogP contribution in [0.15, 0.2) is 42.5 Å². The number of aromatic amines is 1. The maximum absolute atomic E-state index is 13.5. The molecule has 0 unspecified atom stereocenters. The number of aromatic hydroxyl groups is 1. The summed E-state index contributed by atoms with van der Waals surface area (Å²) in [4.78, 5) is 22.5. The van der Waals surface area contributed by atoms with Gasteiger partial charge in [0.05, 0.1) is 17.5 Å². The number of aromatic nitrogens is 2. The number of phenolic OH excluding ortho intramolecular Hbond substituents is 1. The van der Waals surface area contributed by atoms with Crippen LogP contribution in [0.5, 0.6) is 5.75 Å². The number of H-pyrrole nitrogens is 1. The number of amides is 1. The van der Waals surface area contributed by atoms with Gasteiger partial charge in [-0.1, -0.05) is 18.2 Å². The summed E-state index contributed by atoms with van der Waals surface area (Å²) < 4.78 is 13.5. The van der Waals surface area contributed by atoms with Gasteiger partial charge in [0.25, 0.3) is 0 Å². The van der Waals surface area contributed by atoms with Crippen molar-refractivity contribution in [2.75, 3.05) is 13.1 Å². The molecule has 3 aromatic rings. The van der Waals surface area contributed by atoms with Crippen molar-refractivity contribution < 1.29 is 14.3 Å². The van der Waals surface area contributed by atoms with Gasteiger partial charge >= 0.3 is 0 Å². The molecule has 2 aromatic carbocycles. The Hall–Kier alpha value is -2.89. The minimum atomic E-state index is -0.693. The Morgan fingerprint density at radius 1 is 1.30 bits per heavy atom. The Balaban J connectivity index is 1.39. The third kappa shape index (κ3) is 3.94. The third-order valence-corrected chi connectivity index (χ3v) is 5.16. The van der Waals surface area contributed by atoms with E-state index in [2.05, 4.69) is 9.97 Å². The zero-order valence-corrected chi connectivity index (χ0v) is 15.0. The summed E-state index contributed by atoms with van der Waals surface area (Å²) >= 11 is 0. The second kappa shape index (κ2) is 7.39. The highest BCUT2D eigenvalue weighted by Crippen LogP contribution is 2.23. The highest BCUT2D eigenvalue weighted by Gasteiger charge is 2.25. The van der Waals surface area contributed by atoms with Crippen LogP contribution in [-0.4, -0.2) is 39.0 Å². The lowest BCUT2D eigenvalue weighted by molar-refractivity contribution is -0.132. The Labute approximate surface area is 156 Å². The van der Waals surface area contributed by atoms with Crippen LogP contribution in [0.1, 0.15) is 24.2 Å². The monoisotopic (exact) mass is 367 g/mol. The molecule has 5 nitrogen and oxygen atoms in total. The van der Waals surface area contributed by atoms with Crippen molar-refractivity contribution >= 4 is 16.9 Å². The Morgan fingerprint density at radius 3 is 2.96 bits per heavy atom. The predicted molar refractivity (Wildman–Crippen MR) is 101 cm³/mol. The van der Waals surface area contributed by atoms with Crippen molar-refractivity contribution in [1.29, 1.82) is 0 Å². The normalized spacial score (nSPS) is 17.4.